The summed E-state index contributed by atoms with van der Waals surface area (Å²) in [6, 6.07) is 8.37. The highest BCUT2D eigenvalue weighted by molar-refractivity contribution is 5.76. The first-order valence-electron chi connectivity index (χ1n) is 13.8. The van der Waals surface area contributed by atoms with Crippen LogP contribution in [0.1, 0.15) is 57.2 Å². The molecule has 1 fully saturated rings. The van der Waals surface area contributed by atoms with Crippen LogP contribution in [0.25, 0.3) is 11.3 Å². The topological polar surface area (TPSA) is 106 Å². The number of nitrogens with one attached hydrogen (secondary N) is 2. The molecule has 1 atom stereocenters. The summed E-state index contributed by atoms with van der Waals surface area (Å²) < 4.78 is 12.9. The first kappa shape index (κ1) is 27.1. The Hall–Kier alpha value is -3.50. The highest BCUT2D eigenvalue weighted by Gasteiger charge is 2.35. The molecular weight excluding hydrogens is 494 g/mol. The number of likely N-dealkylation sites (tertiary alicyclic amines) is 1. The van der Waals surface area contributed by atoms with Crippen LogP contribution in [0.3, 0.4) is 0 Å². The van der Waals surface area contributed by atoms with Crippen LogP contribution in [0.4, 0.5) is 16.4 Å². The van der Waals surface area contributed by atoms with Gasteiger partial charge in [-0.25, -0.2) is 14.8 Å². The largest absolute Gasteiger partial charge is 0.383 e. The number of hydrogen-bond donors (Lipinski definition) is 2. The summed E-state index contributed by atoms with van der Waals surface area (Å²) in [7, 11) is 1.67. The Bertz CT molecular complexity index is 1280. The van der Waals surface area contributed by atoms with E-state index in [0.29, 0.717) is 32.2 Å². The number of nitrogens with zero attached hydrogens (tertiary/aromatic N) is 5. The van der Waals surface area contributed by atoms with Crippen molar-refractivity contribution in [3.05, 3.63) is 54.0 Å². The Labute approximate surface area is 230 Å². The molecule has 0 bridgehead atoms. The number of methoxy groups -OCH3 is 1. The van der Waals surface area contributed by atoms with E-state index in [0.717, 1.165) is 42.6 Å². The van der Waals surface area contributed by atoms with E-state index < -0.39 is 0 Å². The standard InChI is InChI=1S/C29H39N7O3/c1-29(2,3)39-23-18-35(19-23)28(37)34-26-8-6-5-7-20-15-21(9-10-24(20)26)25-11-12-30-27(33-25)32-22-16-31-36(17-22)13-14-38-4/h9-12,15-17,23,26H,5-8,13-14,18-19H2,1-4H3,(H,34,37)(H,30,32,33). The molecule has 10 heteroatoms. The maximum absolute atomic E-state index is 13.0. The molecule has 2 amide bonds. The molecule has 10 nitrogen and oxygen atoms in total. The highest BCUT2D eigenvalue weighted by Crippen LogP contribution is 2.32. The number of hydrogen-bond acceptors (Lipinski definition) is 7. The van der Waals surface area contributed by atoms with Crippen LogP contribution in [-0.4, -0.2) is 69.2 Å². The zero-order valence-electron chi connectivity index (χ0n) is 23.3. The number of carbonyl (C=O) groups is 1. The average molecular weight is 534 g/mol. The SMILES string of the molecule is COCCn1cc(Nc2nccc(-c3ccc4c(c3)CCCCC4NC(=O)N3CC(OC(C)(C)C)C3)n2)cn1. The lowest BCUT2D eigenvalue weighted by molar-refractivity contribution is -0.111. The molecule has 1 aromatic carbocycles. The normalized spacial score (nSPS) is 17.7. The van der Waals surface area contributed by atoms with Crippen LogP contribution >= 0.6 is 0 Å². The fourth-order valence-corrected chi connectivity index (χ4v) is 5.15. The van der Waals surface area contributed by atoms with Gasteiger partial charge in [0.2, 0.25) is 5.95 Å². The number of rotatable bonds is 8. The van der Waals surface area contributed by atoms with Gasteiger partial charge in [-0.05, 0) is 63.3 Å². The first-order valence-corrected chi connectivity index (χ1v) is 13.8. The number of amides is 2. The lowest BCUT2D eigenvalue weighted by Gasteiger charge is -2.42. The van der Waals surface area contributed by atoms with Crippen molar-refractivity contribution in [1.29, 1.82) is 0 Å². The third-order valence-electron chi connectivity index (χ3n) is 7.03. The van der Waals surface area contributed by atoms with Crippen LogP contribution in [-0.2, 0) is 22.4 Å². The van der Waals surface area contributed by atoms with E-state index in [1.807, 2.05) is 42.6 Å². The van der Waals surface area contributed by atoms with E-state index in [1.54, 1.807) is 19.5 Å². The third-order valence-corrected chi connectivity index (χ3v) is 7.03. The molecule has 0 spiro atoms. The predicted molar refractivity (Wildman–Crippen MR) is 150 cm³/mol. The van der Waals surface area contributed by atoms with Gasteiger partial charge in [0.15, 0.2) is 0 Å². The first-order chi connectivity index (χ1) is 18.8. The highest BCUT2D eigenvalue weighted by atomic mass is 16.5. The Balaban J connectivity index is 1.25. The van der Waals surface area contributed by atoms with Gasteiger partial charge in [0.05, 0.1) is 61.6 Å². The maximum Gasteiger partial charge on any atom is 0.318 e. The molecule has 0 radical (unpaired) electrons. The number of aryl methyl sites for hydroxylation is 1. The van der Waals surface area contributed by atoms with Gasteiger partial charge in [-0.1, -0.05) is 18.6 Å². The van der Waals surface area contributed by atoms with Crippen molar-refractivity contribution < 1.29 is 14.3 Å². The van der Waals surface area contributed by atoms with E-state index in [4.69, 9.17) is 14.5 Å². The molecule has 0 saturated carbocycles. The molecule has 39 heavy (non-hydrogen) atoms. The van der Waals surface area contributed by atoms with Crippen LogP contribution in [0.2, 0.25) is 0 Å². The van der Waals surface area contributed by atoms with Gasteiger partial charge >= 0.3 is 6.03 Å². The van der Waals surface area contributed by atoms with Gasteiger partial charge in [-0.15, -0.1) is 0 Å². The van der Waals surface area contributed by atoms with Gasteiger partial charge in [0.25, 0.3) is 0 Å². The van der Waals surface area contributed by atoms with Gasteiger partial charge in [0, 0.05) is 25.1 Å². The number of anilines is 2. The van der Waals surface area contributed by atoms with E-state index in [1.165, 1.54) is 11.1 Å². The molecule has 1 unspecified atom stereocenters. The number of carbonyl (C=O) groups excluding carboxylic acids is 1. The van der Waals surface area contributed by atoms with Crippen molar-refractivity contribution in [3.8, 4) is 11.3 Å². The minimum atomic E-state index is -0.195. The van der Waals surface area contributed by atoms with Crippen molar-refractivity contribution in [2.75, 3.05) is 32.1 Å². The fraction of sp³-hybridized carbons (Fsp3) is 0.517. The Kier molecular flexibility index (Phi) is 8.13. The number of fused-ring (bicyclic) bond motifs is 1. The third kappa shape index (κ3) is 6.93. The van der Waals surface area contributed by atoms with E-state index in [2.05, 4.69) is 38.9 Å². The number of aromatic nitrogens is 4. The fourth-order valence-electron chi connectivity index (χ4n) is 5.15. The maximum atomic E-state index is 13.0. The molecule has 1 aliphatic heterocycles. The minimum Gasteiger partial charge on any atom is -0.383 e. The van der Waals surface area contributed by atoms with E-state index in [9.17, 15) is 4.79 Å². The monoisotopic (exact) mass is 533 g/mol. The van der Waals surface area contributed by atoms with Crippen molar-refractivity contribution in [2.45, 2.75) is 70.7 Å². The van der Waals surface area contributed by atoms with Gasteiger partial charge < -0.3 is 25.0 Å². The summed E-state index contributed by atoms with van der Waals surface area (Å²) in [5, 5.41) is 10.9. The second-order valence-corrected chi connectivity index (χ2v) is 11.3. The Morgan fingerprint density at radius 3 is 2.82 bits per heavy atom. The summed E-state index contributed by atoms with van der Waals surface area (Å²) in [5.74, 6) is 0.516. The van der Waals surface area contributed by atoms with Crippen LogP contribution in [0.5, 0.6) is 0 Å². The molecule has 3 aromatic rings. The molecule has 208 valence electrons. The Morgan fingerprint density at radius 2 is 2.03 bits per heavy atom. The lowest BCUT2D eigenvalue weighted by Crippen LogP contribution is -2.59. The van der Waals surface area contributed by atoms with Crippen LogP contribution in [0, 0.1) is 0 Å². The van der Waals surface area contributed by atoms with Gasteiger partial charge in [-0.3, -0.25) is 4.68 Å². The molecular formula is C29H39N7O3. The van der Waals surface area contributed by atoms with Crippen LogP contribution in [0.15, 0.2) is 42.9 Å². The van der Waals surface area contributed by atoms with Crippen LogP contribution < -0.4 is 10.6 Å². The predicted octanol–water partition coefficient (Wildman–Crippen LogP) is 4.71. The van der Waals surface area contributed by atoms with Crippen molar-refractivity contribution in [3.63, 3.8) is 0 Å². The average Bonchev–Trinajstić information content (AvgIpc) is 3.23. The smallest absolute Gasteiger partial charge is 0.318 e. The zero-order chi connectivity index (χ0) is 27.4. The second kappa shape index (κ2) is 11.7. The molecule has 2 N–H and O–H groups in total. The van der Waals surface area contributed by atoms with Crippen molar-refractivity contribution >= 4 is 17.7 Å². The van der Waals surface area contributed by atoms with E-state index in [-0.39, 0.29) is 23.8 Å². The number of ether oxygens (including phenoxy) is 2. The van der Waals surface area contributed by atoms with Crippen molar-refractivity contribution in [1.82, 2.24) is 30.0 Å². The summed E-state index contributed by atoms with van der Waals surface area (Å²) in [6.07, 6.45) is 9.62. The zero-order valence-corrected chi connectivity index (χ0v) is 23.3. The lowest BCUT2D eigenvalue weighted by atomic mass is 9.95. The van der Waals surface area contributed by atoms with Gasteiger partial charge in [-0.2, -0.15) is 5.10 Å². The summed E-state index contributed by atoms with van der Waals surface area (Å²) in [5.41, 5.74) is 4.97. The van der Waals surface area contributed by atoms with E-state index >= 15 is 0 Å². The van der Waals surface area contributed by atoms with Crippen molar-refractivity contribution in [2.24, 2.45) is 0 Å². The molecule has 3 heterocycles. The minimum absolute atomic E-state index is 0.00362. The molecule has 5 rings (SSSR count). The molecule has 1 saturated heterocycles. The molecule has 1 aliphatic carbocycles. The number of benzene rings is 1. The molecule has 2 aromatic heterocycles. The quantitative estimate of drug-likeness (QED) is 0.404. The second-order valence-electron chi connectivity index (χ2n) is 11.3. The molecule has 2 aliphatic rings. The summed E-state index contributed by atoms with van der Waals surface area (Å²) in [6.45, 7) is 8.70. The summed E-state index contributed by atoms with van der Waals surface area (Å²) in [4.78, 5) is 24.0. The number of urea groups is 1. The van der Waals surface area contributed by atoms with Gasteiger partial charge in [0.1, 0.15) is 0 Å². The summed E-state index contributed by atoms with van der Waals surface area (Å²) >= 11 is 0. The Morgan fingerprint density at radius 1 is 1.18 bits per heavy atom.